The average molecular weight is 494 g/mol. The zero-order chi connectivity index (χ0) is 16.1. The van der Waals surface area contributed by atoms with Crippen molar-refractivity contribution in [3.63, 3.8) is 0 Å². The van der Waals surface area contributed by atoms with Gasteiger partial charge >= 0.3 is 0 Å². The van der Waals surface area contributed by atoms with Gasteiger partial charge in [0.2, 0.25) is 0 Å². The average Bonchev–Trinajstić information content (AvgIpc) is 2.83. The summed E-state index contributed by atoms with van der Waals surface area (Å²) >= 11 is 10.1. The van der Waals surface area contributed by atoms with Crippen LogP contribution in [-0.2, 0) is 11.8 Å². The predicted molar refractivity (Wildman–Crippen MR) is 96.2 cm³/mol. The van der Waals surface area contributed by atoms with Gasteiger partial charge in [0, 0.05) is 17.7 Å². The summed E-state index contributed by atoms with van der Waals surface area (Å²) in [6.07, 6.45) is 3.47. The Labute approximate surface area is 153 Å². The summed E-state index contributed by atoms with van der Waals surface area (Å²) in [6.45, 7) is -0.136. The van der Waals surface area contributed by atoms with E-state index in [4.69, 9.17) is 4.74 Å². The minimum Gasteiger partial charge on any atom is -0.481 e. The van der Waals surface area contributed by atoms with Crippen LogP contribution in [0, 0.1) is 0 Å². The maximum absolute atomic E-state index is 11.7. The van der Waals surface area contributed by atoms with E-state index in [0.717, 1.165) is 19.1 Å². The summed E-state index contributed by atoms with van der Waals surface area (Å²) in [6, 6.07) is 7.47. The van der Waals surface area contributed by atoms with E-state index in [-0.39, 0.29) is 12.5 Å². The zero-order valence-electron chi connectivity index (χ0n) is 11.5. The minimum absolute atomic E-state index is 0.136. The van der Waals surface area contributed by atoms with Gasteiger partial charge in [-0.1, -0.05) is 15.9 Å². The highest BCUT2D eigenvalue weighted by Crippen LogP contribution is 2.36. The Kier molecular flexibility index (Phi) is 6.22. The number of halogens is 3. The van der Waals surface area contributed by atoms with Crippen LogP contribution in [0.4, 0.5) is 0 Å². The van der Waals surface area contributed by atoms with Crippen molar-refractivity contribution in [3.05, 3.63) is 49.6 Å². The van der Waals surface area contributed by atoms with Gasteiger partial charge in [0.05, 0.1) is 20.9 Å². The van der Waals surface area contributed by atoms with Gasteiger partial charge in [0.1, 0.15) is 5.75 Å². The number of hydrogen-bond acceptors (Lipinski definition) is 3. The van der Waals surface area contributed by atoms with Crippen LogP contribution in [0.25, 0.3) is 0 Å². The first-order valence-corrected chi connectivity index (χ1v) is 8.56. The minimum atomic E-state index is -0.341. The van der Waals surface area contributed by atoms with Crippen LogP contribution < -0.4 is 10.2 Å². The Hall–Kier alpha value is -1.12. The lowest BCUT2D eigenvalue weighted by Gasteiger charge is -2.09. The molecule has 22 heavy (non-hydrogen) atoms. The molecule has 2 aromatic rings. The van der Waals surface area contributed by atoms with E-state index < -0.39 is 0 Å². The number of benzene rings is 1. The third-order valence-corrected chi connectivity index (χ3v) is 4.32. The Morgan fingerprint density at radius 2 is 2.05 bits per heavy atom. The van der Waals surface area contributed by atoms with Gasteiger partial charge in [-0.15, -0.1) is 0 Å². The lowest BCUT2D eigenvalue weighted by atomic mass is 10.3. The van der Waals surface area contributed by atoms with Crippen molar-refractivity contribution in [2.45, 2.75) is 0 Å². The number of carbonyl (C=O) groups excluding carboxylic acids is 1. The molecule has 0 aliphatic heterocycles. The second-order valence-corrected chi connectivity index (χ2v) is 6.95. The Morgan fingerprint density at radius 3 is 2.64 bits per heavy atom. The molecule has 0 spiro atoms. The molecule has 8 heteroatoms. The van der Waals surface area contributed by atoms with E-state index in [2.05, 4.69) is 58.3 Å². The highest BCUT2D eigenvalue weighted by molar-refractivity contribution is 9.11. The van der Waals surface area contributed by atoms with Crippen LogP contribution in [0.15, 0.2) is 49.0 Å². The largest absolute Gasteiger partial charge is 0.481 e. The molecule has 1 amide bonds. The number of rotatable bonds is 5. The van der Waals surface area contributed by atoms with Crippen molar-refractivity contribution < 1.29 is 9.53 Å². The van der Waals surface area contributed by atoms with Crippen LogP contribution in [0.3, 0.4) is 0 Å². The zero-order valence-corrected chi connectivity index (χ0v) is 16.3. The molecule has 0 radical (unpaired) electrons. The summed E-state index contributed by atoms with van der Waals surface area (Å²) in [5.41, 5.74) is 3.31. The normalized spacial score (nSPS) is 10.9. The standard InChI is InChI=1S/C14H12Br3N3O2/c1-20-4-2-3-10(20)7-18-19-13(21)8-22-14-11(16)5-9(15)6-12(14)17/h2-7H,8H2,1H3,(H,19,21)/b18-7-. The lowest BCUT2D eigenvalue weighted by molar-refractivity contribution is -0.123. The Bertz CT molecular complexity index is 690. The first-order chi connectivity index (χ1) is 10.5. The fourth-order valence-electron chi connectivity index (χ4n) is 1.62. The van der Waals surface area contributed by atoms with Crippen LogP contribution in [-0.4, -0.2) is 23.3 Å². The highest BCUT2D eigenvalue weighted by Gasteiger charge is 2.10. The van der Waals surface area contributed by atoms with E-state index in [1.54, 1.807) is 6.21 Å². The summed E-state index contributed by atoms with van der Waals surface area (Å²) < 4.78 is 9.77. The second kappa shape index (κ2) is 7.94. The van der Waals surface area contributed by atoms with Crippen molar-refractivity contribution in [1.82, 2.24) is 9.99 Å². The second-order valence-electron chi connectivity index (χ2n) is 4.32. The Balaban J connectivity index is 1.88. The molecule has 5 nitrogen and oxygen atoms in total. The number of hydrazone groups is 1. The maximum Gasteiger partial charge on any atom is 0.277 e. The monoisotopic (exact) mass is 491 g/mol. The van der Waals surface area contributed by atoms with Gasteiger partial charge in [-0.3, -0.25) is 4.79 Å². The van der Waals surface area contributed by atoms with Crippen molar-refractivity contribution in [2.75, 3.05) is 6.61 Å². The predicted octanol–water partition coefficient (Wildman–Crippen LogP) is 3.84. The van der Waals surface area contributed by atoms with E-state index in [9.17, 15) is 4.79 Å². The molecular weight excluding hydrogens is 482 g/mol. The SMILES string of the molecule is Cn1cccc1/C=N\NC(=O)COc1c(Br)cc(Br)cc1Br. The molecule has 0 aliphatic carbocycles. The molecule has 0 aliphatic rings. The molecular formula is C14H12Br3N3O2. The third kappa shape index (κ3) is 4.69. The number of carbonyl (C=O) groups is 1. The number of hydrogen-bond donors (Lipinski definition) is 1. The van der Waals surface area contributed by atoms with Crippen LogP contribution in [0.5, 0.6) is 5.75 Å². The number of amides is 1. The topological polar surface area (TPSA) is 55.6 Å². The molecule has 0 bridgehead atoms. The van der Waals surface area contributed by atoms with Gasteiger partial charge in [-0.05, 0) is 56.1 Å². The summed E-state index contributed by atoms with van der Waals surface area (Å²) in [7, 11) is 1.90. The maximum atomic E-state index is 11.7. The quantitative estimate of drug-likeness (QED) is 0.508. The molecule has 2 rings (SSSR count). The summed E-state index contributed by atoms with van der Waals surface area (Å²) in [5, 5.41) is 3.89. The Morgan fingerprint density at radius 1 is 1.36 bits per heavy atom. The van der Waals surface area contributed by atoms with Crippen molar-refractivity contribution in [3.8, 4) is 5.75 Å². The number of aromatic nitrogens is 1. The van der Waals surface area contributed by atoms with Crippen LogP contribution in [0.2, 0.25) is 0 Å². The molecule has 116 valence electrons. The number of ether oxygens (including phenoxy) is 1. The van der Waals surface area contributed by atoms with Gasteiger partial charge in [0.25, 0.3) is 5.91 Å². The molecule has 1 aromatic carbocycles. The molecule has 1 N–H and O–H groups in total. The first-order valence-electron chi connectivity index (χ1n) is 6.18. The van der Waals surface area contributed by atoms with Crippen molar-refractivity contribution in [1.29, 1.82) is 0 Å². The van der Waals surface area contributed by atoms with E-state index in [1.807, 2.05) is 42.1 Å². The summed E-state index contributed by atoms with van der Waals surface area (Å²) in [4.78, 5) is 11.7. The van der Waals surface area contributed by atoms with Gasteiger partial charge in [-0.2, -0.15) is 5.10 Å². The third-order valence-electron chi connectivity index (χ3n) is 2.68. The van der Waals surface area contributed by atoms with Gasteiger partial charge in [-0.25, -0.2) is 5.43 Å². The lowest BCUT2D eigenvalue weighted by Crippen LogP contribution is -2.24. The summed E-state index contributed by atoms with van der Waals surface area (Å²) in [5.74, 6) is 0.219. The van der Waals surface area contributed by atoms with Crippen LogP contribution in [0.1, 0.15) is 5.69 Å². The smallest absolute Gasteiger partial charge is 0.277 e. The first kappa shape index (κ1) is 17.2. The molecule has 0 saturated carbocycles. The van der Waals surface area contributed by atoms with E-state index in [1.165, 1.54) is 0 Å². The van der Waals surface area contributed by atoms with Crippen LogP contribution >= 0.6 is 47.8 Å². The highest BCUT2D eigenvalue weighted by atomic mass is 79.9. The fourth-order valence-corrected chi connectivity index (χ4v) is 4.10. The number of aryl methyl sites for hydroxylation is 1. The molecule has 1 heterocycles. The number of nitrogens with zero attached hydrogens (tertiary/aromatic N) is 2. The fraction of sp³-hybridized carbons (Fsp3) is 0.143. The van der Waals surface area contributed by atoms with Crippen molar-refractivity contribution in [2.24, 2.45) is 12.1 Å². The molecule has 1 aromatic heterocycles. The number of nitrogens with one attached hydrogen (secondary N) is 1. The van der Waals surface area contributed by atoms with Gasteiger partial charge in [0.15, 0.2) is 6.61 Å². The molecule has 0 saturated heterocycles. The van der Waals surface area contributed by atoms with E-state index >= 15 is 0 Å². The molecule has 0 unspecified atom stereocenters. The van der Waals surface area contributed by atoms with Gasteiger partial charge < -0.3 is 9.30 Å². The van der Waals surface area contributed by atoms with E-state index in [0.29, 0.717) is 5.75 Å². The molecule has 0 atom stereocenters. The van der Waals surface area contributed by atoms with Crippen molar-refractivity contribution >= 4 is 59.9 Å². The molecule has 0 fully saturated rings.